The van der Waals surface area contributed by atoms with Crippen molar-refractivity contribution >= 4 is 23.0 Å². The van der Waals surface area contributed by atoms with Crippen LogP contribution in [0.1, 0.15) is 6.42 Å². The Morgan fingerprint density at radius 1 is 1.38 bits per heavy atom. The summed E-state index contributed by atoms with van der Waals surface area (Å²) in [7, 11) is 0. The van der Waals surface area contributed by atoms with E-state index in [9.17, 15) is 13.6 Å². The molecule has 1 aromatic rings. The van der Waals surface area contributed by atoms with Crippen molar-refractivity contribution in [2.24, 2.45) is 5.10 Å². The van der Waals surface area contributed by atoms with Gasteiger partial charge < -0.3 is 5.73 Å². The molecule has 0 unspecified atom stereocenters. The second kappa shape index (κ2) is 3.88. The molecule has 0 bridgehead atoms. The fraction of sp³-hybridized carbons (Fsp3) is 0.200. The standard InChI is InChI=1S/C10H9F2N3O/c11-10(12)7-5-9(16)15(14-7)8-4-2-1-3-6(8)13/h1-4,10H,5,13H2. The third-order valence-electron chi connectivity index (χ3n) is 2.21. The first-order valence-corrected chi connectivity index (χ1v) is 4.62. The second-order valence-electron chi connectivity index (χ2n) is 3.33. The quantitative estimate of drug-likeness (QED) is 0.777. The molecule has 1 aliphatic heterocycles. The molecule has 0 aromatic heterocycles. The van der Waals surface area contributed by atoms with Gasteiger partial charge in [0.25, 0.3) is 12.3 Å². The number of para-hydroxylation sites is 2. The van der Waals surface area contributed by atoms with Crippen LogP contribution in [0.3, 0.4) is 0 Å². The molecule has 1 aromatic carbocycles. The molecule has 0 saturated heterocycles. The van der Waals surface area contributed by atoms with E-state index in [2.05, 4.69) is 5.10 Å². The van der Waals surface area contributed by atoms with Crippen molar-refractivity contribution in [3.05, 3.63) is 24.3 Å². The van der Waals surface area contributed by atoms with Crippen LogP contribution in [-0.2, 0) is 4.79 Å². The smallest absolute Gasteiger partial charge is 0.278 e. The maximum atomic E-state index is 12.4. The lowest BCUT2D eigenvalue weighted by atomic mass is 10.2. The van der Waals surface area contributed by atoms with Gasteiger partial charge in [-0.2, -0.15) is 10.1 Å². The highest BCUT2D eigenvalue weighted by atomic mass is 19.3. The van der Waals surface area contributed by atoms with Gasteiger partial charge in [-0.1, -0.05) is 12.1 Å². The van der Waals surface area contributed by atoms with Gasteiger partial charge in [-0.3, -0.25) is 4.79 Å². The first-order chi connectivity index (χ1) is 7.59. The van der Waals surface area contributed by atoms with Crippen LogP contribution in [0.15, 0.2) is 29.4 Å². The Labute approximate surface area is 90.3 Å². The van der Waals surface area contributed by atoms with Crippen LogP contribution in [0.5, 0.6) is 0 Å². The van der Waals surface area contributed by atoms with Crippen molar-refractivity contribution in [2.75, 3.05) is 10.7 Å². The normalized spacial score (nSPS) is 15.8. The van der Waals surface area contributed by atoms with Crippen LogP contribution >= 0.6 is 0 Å². The molecule has 6 heteroatoms. The lowest BCUT2D eigenvalue weighted by Gasteiger charge is -2.13. The molecule has 0 aliphatic carbocycles. The van der Waals surface area contributed by atoms with Crippen molar-refractivity contribution in [2.45, 2.75) is 12.8 Å². The summed E-state index contributed by atoms with van der Waals surface area (Å²) < 4.78 is 24.7. The number of anilines is 2. The molecule has 0 radical (unpaired) electrons. The molecule has 1 aliphatic rings. The Kier molecular flexibility index (Phi) is 2.55. The summed E-state index contributed by atoms with van der Waals surface area (Å²) in [6.45, 7) is 0. The van der Waals surface area contributed by atoms with Gasteiger partial charge in [0.2, 0.25) is 0 Å². The summed E-state index contributed by atoms with van der Waals surface area (Å²) in [5.74, 6) is -0.492. The van der Waals surface area contributed by atoms with E-state index >= 15 is 0 Å². The molecule has 1 amide bonds. The first kappa shape index (κ1) is 10.5. The largest absolute Gasteiger partial charge is 0.397 e. The zero-order chi connectivity index (χ0) is 11.7. The number of alkyl halides is 2. The number of nitrogens with two attached hydrogens (primary N) is 1. The average molecular weight is 225 g/mol. The summed E-state index contributed by atoms with van der Waals surface area (Å²) in [6.07, 6.45) is -3.06. The predicted octanol–water partition coefficient (Wildman–Crippen LogP) is 1.63. The topological polar surface area (TPSA) is 58.7 Å². The minimum absolute atomic E-state index is 0.329. The summed E-state index contributed by atoms with van der Waals surface area (Å²) in [5.41, 5.74) is 5.88. The van der Waals surface area contributed by atoms with Gasteiger partial charge in [-0.25, -0.2) is 8.78 Å². The van der Waals surface area contributed by atoms with Crippen LogP contribution in [0, 0.1) is 0 Å². The van der Waals surface area contributed by atoms with E-state index in [1.165, 1.54) is 0 Å². The lowest BCUT2D eigenvalue weighted by molar-refractivity contribution is -0.117. The van der Waals surface area contributed by atoms with Crippen molar-refractivity contribution in [3.63, 3.8) is 0 Å². The highest BCUT2D eigenvalue weighted by Crippen LogP contribution is 2.27. The molecule has 0 spiro atoms. The third kappa shape index (κ3) is 1.73. The average Bonchev–Trinajstić information content (AvgIpc) is 2.61. The van der Waals surface area contributed by atoms with Crippen LogP contribution < -0.4 is 10.7 Å². The third-order valence-corrected chi connectivity index (χ3v) is 2.21. The summed E-state index contributed by atoms with van der Waals surface area (Å²) in [4.78, 5) is 11.5. The van der Waals surface area contributed by atoms with Crippen LogP contribution in [-0.4, -0.2) is 18.0 Å². The monoisotopic (exact) mass is 225 g/mol. The number of carbonyl (C=O) groups is 1. The Balaban J connectivity index is 2.36. The molecule has 2 rings (SSSR count). The van der Waals surface area contributed by atoms with Gasteiger partial charge >= 0.3 is 0 Å². The van der Waals surface area contributed by atoms with E-state index in [-0.39, 0.29) is 6.42 Å². The molecular weight excluding hydrogens is 216 g/mol. The SMILES string of the molecule is Nc1ccccc1N1N=C(C(F)F)CC1=O. The maximum absolute atomic E-state index is 12.4. The molecule has 0 saturated carbocycles. The first-order valence-electron chi connectivity index (χ1n) is 4.62. The van der Waals surface area contributed by atoms with Crippen LogP contribution in [0.25, 0.3) is 0 Å². The number of halogens is 2. The molecule has 84 valence electrons. The minimum atomic E-state index is -2.71. The van der Waals surface area contributed by atoms with Crippen molar-refractivity contribution in [3.8, 4) is 0 Å². The summed E-state index contributed by atoms with van der Waals surface area (Å²) in [5, 5.41) is 4.50. The fourth-order valence-corrected chi connectivity index (χ4v) is 1.44. The fourth-order valence-electron chi connectivity index (χ4n) is 1.44. The van der Waals surface area contributed by atoms with E-state index in [0.29, 0.717) is 11.4 Å². The van der Waals surface area contributed by atoms with Crippen molar-refractivity contribution in [1.29, 1.82) is 0 Å². The number of nitrogens with zero attached hydrogens (tertiary/aromatic N) is 2. The molecule has 2 N–H and O–H groups in total. The highest BCUT2D eigenvalue weighted by Gasteiger charge is 2.30. The maximum Gasteiger partial charge on any atom is 0.278 e. The van der Waals surface area contributed by atoms with Crippen LogP contribution in [0.2, 0.25) is 0 Å². The van der Waals surface area contributed by atoms with Crippen molar-refractivity contribution in [1.82, 2.24) is 0 Å². The van der Waals surface area contributed by atoms with Gasteiger partial charge in [-0.15, -0.1) is 0 Å². The zero-order valence-electron chi connectivity index (χ0n) is 8.23. The predicted molar refractivity (Wildman–Crippen MR) is 56.4 cm³/mol. The lowest BCUT2D eigenvalue weighted by Crippen LogP contribution is -2.20. The van der Waals surface area contributed by atoms with E-state index in [4.69, 9.17) is 5.73 Å². The van der Waals surface area contributed by atoms with Gasteiger partial charge in [0.05, 0.1) is 17.8 Å². The van der Waals surface area contributed by atoms with E-state index < -0.39 is 18.0 Å². The van der Waals surface area contributed by atoms with Gasteiger partial charge in [0.15, 0.2) is 0 Å². The number of carbonyl (C=O) groups excluding carboxylic acids is 1. The number of benzene rings is 1. The molecular formula is C10H9F2N3O. The Bertz CT molecular complexity index is 459. The number of hydrazone groups is 1. The molecule has 16 heavy (non-hydrogen) atoms. The second-order valence-corrected chi connectivity index (χ2v) is 3.33. The van der Waals surface area contributed by atoms with Crippen molar-refractivity contribution < 1.29 is 13.6 Å². The Morgan fingerprint density at radius 2 is 2.06 bits per heavy atom. The van der Waals surface area contributed by atoms with Gasteiger partial charge in [-0.05, 0) is 12.1 Å². The number of rotatable bonds is 2. The molecule has 1 heterocycles. The number of nitrogen functional groups attached to an aromatic ring is 1. The molecule has 0 atom stereocenters. The number of hydrogen-bond donors (Lipinski definition) is 1. The van der Waals surface area contributed by atoms with E-state index in [1.54, 1.807) is 24.3 Å². The Hall–Kier alpha value is -1.98. The van der Waals surface area contributed by atoms with Gasteiger partial charge in [0, 0.05) is 0 Å². The molecule has 0 fully saturated rings. The number of amides is 1. The summed E-state index contributed by atoms with van der Waals surface area (Å²) in [6, 6.07) is 6.50. The zero-order valence-corrected chi connectivity index (χ0v) is 8.23. The van der Waals surface area contributed by atoms with Crippen LogP contribution in [0.4, 0.5) is 20.2 Å². The summed E-state index contributed by atoms with van der Waals surface area (Å²) >= 11 is 0. The van der Waals surface area contributed by atoms with E-state index in [0.717, 1.165) is 5.01 Å². The van der Waals surface area contributed by atoms with E-state index in [1.807, 2.05) is 0 Å². The number of hydrogen-bond acceptors (Lipinski definition) is 3. The Morgan fingerprint density at radius 3 is 2.62 bits per heavy atom. The van der Waals surface area contributed by atoms with Gasteiger partial charge in [0.1, 0.15) is 5.71 Å². The minimum Gasteiger partial charge on any atom is -0.397 e. The molecule has 4 nitrogen and oxygen atoms in total. The highest BCUT2D eigenvalue weighted by molar-refractivity contribution is 6.14.